The maximum absolute atomic E-state index is 15.1. The van der Waals surface area contributed by atoms with Gasteiger partial charge < -0.3 is 5.32 Å². The van der Waals surface area contributed by atoms with E-state index in [2.05, 4.69) is 15.3 Å². The Morgan fingerprint density at radius 1 is 0.914 bits per heavy atom. The van der Waals surface area contributed by atoms with Crippen LogP contribution >= 0.6 is 0 Å². The summed E-state index contributed by atoms with van der Waals surface area (Å²) in [4.78, 5) is 36.7. The Morgan fingerprint density at radius 3 is 2.23 bits per heavy atom. The van der Waals surface area contributed by atoms with Gasteiger partial charge in [-0.15, -0.1) is 0 Å². The monoisotopic (exact) mass is 472 g/mol. The first-order chi connectivity index (χ1) is 16.8. The van der Waals surface area contributed by atoms with Gasteiger partial charge in [0.1, 0.15) is 23.4 Å². The van der Waals surface area contributed by atoms with Crippen molar-refractivity contribution in [1.29, 1.82) is 0 Å². The van der Waals surface area contributed by atoms with Gasteiger partial charge in [-0.1, -0.05) is 24.3 Å². The summed E-state index contributed by atoms with van der Waals surface area (Å²) in [5.74, 6) is -2.44. The van der Waals surface area contributed by atoms with Crippen molar-refractivity contribution in [3.05, 3.63) is 119 Å². The predicted molar refractivity (Wildman–Crippen MR) is 129 cm³/mol. The number of hydrogen-bond donors (Lipinski definition) is 1. The molecule has 1 heterocycles. The molecule has 35 heavy (non-hydrogen) atoms. The zero-order valence-corrected chi connectivity index (χ0v) is 19.1. The van der Waals surface area contributed by atoms with Crippen molar-refractivity contribution in [1.82, 2.24) is 9.97 Å². The zero-order valence-electron chi connectivity index (χ0n) is 19.1. The molecular formula is C27H22F2N4O2. The number of halogens is 2. The van der Waals surface area contributed by atoms with Crippen LogP contribution in [0.5, 0.6) is 0 Å². The Balaban J connectivity index is 1.89. The van der Waals surface area contributed by atoms with Gasteiger partial charge in [0.25, 0.3) is 11.8 Å². The van der Waals surface area contributed by atoms with Gasteiger partial charge in [0, 0.05) is 29.3 Å². The number of rotatable bonds is 6. The fourth-order valence-corrected chi connectivity index (χ4v) is 3.84. The summed E-state index contributed by atoms with van der Waals surface area (Å²) in [5, 5.41) is 2.68. The molecular weight excluding hydrogens is 450 g/mol. The molecule has 0 unspecified atom stereocenters. The summed E-state index contributed by atoms with van der Waals surface area (Å²) in [6, 6.07) is 14.9. The number of benzene rings is 3. The molecule has 0 aliphatic rings. The molecule has 1 aromatic heterocycles. The smallest absolute Gasteiger partial charge is 0.279 e. The SMILES string of the molecule is Cc1cc(C)cc(N(C(=O)c2cnccn2)[C@H](C(=O)Nc2ccc(F)cc2)c2ccccc2F)c1. The molecule has 0 fully saturated rings. The first kappa shape index (κ1) is 23.7. The van der Waals surface area contributed by atoms with E-state index in [0.717, 1.165) is 11.1 Å². The van der Waals surface area contributed by atoms with Gasteiger partial charge in [0.05, 0.1) is 6.20 Å². The van der Waals surface area contributed by atoms with Crippen molar-refractivity contribution < 1.29 is 18.4 Å². The quantitative estimate of drug-likeness (QED) is 0.408. The van der Waals surface area contributed by atoms with Crippen LogP contribution in [0.4, 0.5) is 20.2 Å². The van der Waals surface area contributed by atoms with Crippen LogP contribution in [-0.4, -0.2) is 21.8 Å². The van der Waals surface area contributed by atoms with Crippen LogP contribution in [0.3, 0.4) is 0 Å². The lowest BCUT2D eigenvalue weighted by Crippen LogP contribution is -2.42. The molecule has 0 bridgehead atoms. The Hall–Kier alpha value is -4.46. The molecule has 1 N–H and O–H groups in total. The molecule has 2 amide bonds. The molecule has 3 aromatic carbocycles. The summed E-state index contributed by atoms with van der Waals surface area (Å²) in [5.41, 5.74) is 2.36. The summed E-state index contributed by atoms with van der Waals surface area (Å²) in [7, 11) is 0. The minimum Gasteiger partial charge on any atom is -0.324 e. The highest BCUT2D eigenvalue weighted by molar-refractivity contribution is 6.11. The number of hydrogen-bond acceptors (Lipinski definition) is 4. The fraction of sp³-hybridized carbons (Fsp3) is 0.111. The van der Waals surface area contributed by atoms with Crippen molar-refractivity contribution in [3.8, 4) is 0 Å². The third kappa shape index (κ3) is 5.38. The molecule has 0 aliphatic heterocycles. The normalized spacial score (nSPS) is 11.5. The topological polar surface area (TPSA) is 75.2 Å². The predicted octanol–water partition coefficient (Wildman–Crippen LogP) is 5.40. The Kier molecular flexibility index (Phi) is 6.91. The molecule has 0 aliphatic carbocycles. The highest BCUT2D eigenvalue weighted by Crippen LogP contribution is 2.33. The Labute approximate surface area is 201 Å². The van der Waals surface area contributed by atoms with E-state index in [1.54, 1.807) is 18.2 Å². The van der Waals surface area contributed by atoms with E-state index in [1.807, 2.05) is 19.9 Å². The lowest BCUT2D eigenvalue weighted by Gasteiger charge is -2.32. The number of nitrogens with zero attached hydrogens (tertiary/aromatic N) is 3. The number of aromatic nitrogens is 2. The van der Waals surface area contributed by atoms with Gasteiger partial charge in [-0.05, 0) is 67.4 Å². The molecule has 4 aromatic rings. The first-order valence-electron chi connectivity index (χ1n) is 10.8. The van der Waals surface area contributed by atoms with Crippen LogP contribution < -0.4 is 10.2 Å². The lowest BCUT2D eigenvalue weighted by molar-refractivity contribution is -0.117. The molecule has 0 radical (unpaired) electrons. The van der Waals surface area contributed by atoms with E-state index < -0.39 is 29.5 Å². The van der Waals surface area contributed by atoms with Gasteiger partial charge in [-0.2, -0.15) is 0 Å². The number of nitrogens with one attached hydrogen (secondary N) is 1. The molecule has 8 heteroatoms. The average Bonchev–Trinajstić information content (AvgIpc) is 2.84. The second-order valence-electron chi connectivity index (χ2n) is 8.03. The van der Waals surface area contributed by atoms with Crippen LogP contribution in [-0.2, 0) is 4.79 Å². The Morgan fingerprint density at radius 2 is 1.60 bits per heavy atom. The van der Waals surface area contributed by atoms with E-state index in [9.17, 15) is 14.0 Å². The average molecular weight is 472 g/mol. The summed E-state index contributed by atoms with van der Waals surface area (Å²) in [6.07, 6.45) is 4.07. The molecule has 6 nitrogen and oxygen atoms in total. The second-order valence-corrected chi connectivity index (χ2v) is 8.03. The number of carbonyl (C=O) groups is 2. The van der Waals surface area contributed by atoms with Gasteiger partial charge >= 0.3 is 0 Å². The summed E-state index contributed by atoms with van der Waals surface area (Å²) < 4.78 is 28.5. The third-order valence-corrected chi connectivity index (χ3v) is 5.30. The van der Waals surface area contributed by atoms with E-state index in [4.69, 9.17) is 0 Å². The van der Waals surface area contributed by atoms with Gasteiger partial charge in [0.2, 0.25) is 0 Å². The minimum atomic E-state index is -1.41. The van der Waals surface area contributed by atoms with E-state index >= 15 is 4.39 Å². The standard InChI is InChI=1S/C27H22F2N4O2/c1-17-13-18(2)15-21(14-17)33(27(35)24-16-30-11-12-31-24)25(22-5-3-4-6-23(22)29)26(34)32-20-9-7-19(28)8-10-20/h3-16,25H,1-2H3,(H,32,34)/t25-/m0/s1. The first-order valence-corrected chi connectivity index (χ1v) is 10.8. The molecule has 0 spiro atoms. The van der Waals surface area contributed by atoms with Crippen molar-refractivity contribution in [2.75, 3.05) is 10.2 Å². The number of anilines is 2. The number of amides is 2. The zero-order chi connectivity index (χ0) is 24.9. The highest BCUT2D eigenvalue weighted by atomic mass is 19.1. The second kappa shape index (κ2) is 10.2. The van der Waals surface area contributed by atoms with Crippen LogP contribution in [0.25, 0.3) is 0 Å². The van der Waals surface area contributed by atoms with E-state index in [-0.39, 0.29) is 11.3 Å². The highest BCUT2D eigenvalue weighted by Gasteiger charge is 2.36. The lowest BCUT2D eigenvalue weighted by atomic mass is 10.0. The summed E-state index contributed by atoms with van der Waals surface area (Å²) in [6.45, 7) is 3.72. The molecule has 1 atom stereocenters. The molecule has 4 rings (SSSR count). The third-order valence-electron chi connectivity index (χ3n) is 5.30. The van der Waals surface area contributed by atoms with Gasteiger partial charge in [-0.25, -0.2) is 13.8 Å². The van der Waals surface area contributed by atoms with Gasteiger partial charge in [-0.3, -0.25) is 19.5 Å². The molecule has 0 saturated heterocycles. The van der Waals surface area contributed by atoms with Crippen molar-refractivity contribution in [2.45, 2.75) is 19.9 Å². The fourth-order valence-electron chi connectivity index (χ4n) is 3.84. The van der Waals surface area contributed by atoms with Crippen LogP contribution in [0.1, 0.15) is 33.2 Å². The van der Waals surface area contributed by atoms with E-state index in [0.29, 0.717) is 11.4 Å². The van der Waals surface area contributed by atoms with Gasteiger partial charge in [0.15, 0.2) is 0 Å². The maximum Gasteiger partial charge on any atom is 0.279 e. The van der Waals surface area contributed by atoms with Crippen molar-refractivity contribution in [2.24, 2.45) is 0 Å². The number of aryl methyl sites for hydroxylation is 2. The van der Waals surface area contributed by atoms with E-state index in [1.165, 1.54) is 66.0 Å². The van der Waals surface area contributed by atoms with Crippen LogP contribution in [0, 0.1) is 25.5 Å². The van der Waals surface area contributed by atoms with Crippen molar-refractivity contribution >= 4 is 23.2 Å². The minimum absolute atomic E-state index is 0.0106. The number of carbonyl (C=O) groups excluding carboxylic acids is 2. The summed E-state index contributed by atoms with van der Waals surface area (Å²) >= 11 is 0. The van der Waals surface area contributed by atoms with Crippen LogP contribution in [0.15, 0.2) is 85.3 Å². The molecule has 0 saturated carbocycles. The largest absolute Gasteiger partial charge is 0.324 e. The van der Waals surface area contributed by atoms with Crippen molar-refractivity contribution in [3.63, 3.8) is 0 Å². The molecule has 176 valence electrons. The van der Waals surface area contributed by atoms with Crippen LogP contribution in [0.2, 0.25) is 0 Å². The maximum atomic E-state index is 15.1. The Bertz CT molecular complexity index is 1340.